The second kappa shape index (κ2) is 10.6. The van der Waals surface area contributed by atoms with Gasteiger partial charge in [-0.05, 0) is 87.5 Å². The smallest absolute Gasteiger partial charge is 0.117 e. The number of rotatable bonds is 4. The Balaban J connectivity index is 1.36. The Labute approximate surface area is 202 Å². The van der Waals surface area contributed by atoms with E-state index in [-0.39, 0.29) is 18.4 Å². The molecule has 0 aromatic rings. The van der Waals surface area contributed by atoms with Gasteiger partial charge in [0.25, 0.3) is 0 Å². The number of nitrogens with zero attached hydrogens (tertiary/aromatic N) is 1. The van der Waals surface area contributed by atoms with E-state index in [9.17, 15) is 9.65 Å². The van der Waals surface area contributed by atoms with Crippen LogP contribution in [-0.2, 0) is 0 Å². The molecule has 8 unspecified atom stereocenters. The second-order valence-corrected chi connectivity index (χ2v) is 11.1. The van der Waals surface area contributed by atoms with Crippen molar-refractivity contribution in [2.24, 2.45) is 11.8 Å². The lowest BCUT2D eigenvalue weighted by atomic mass is 9.77. The first-order chi connectivity index (χ1) is 16.1. The van der Waals surface area contributed by atoms with Gasteiger partial charge >= 0.3 is 0 Å². The van der Waals surface area contributed by atoms with E-state index < -0.39 is 11.5 Å². The molecule has 0 aromatic heterocycles. The Hall–Kier alpha value is -1.23. The first kappa shape index (κ1) is 23.5. The highest BCUT2D eigenvalue weighted by Crippen LogP contribution is 2.36. The molecule has 0 radical (unpaired) electrons. The first-order valence-corrected chi connectivity index (χ1v) is 13.3. The molecule has 5 rings (SSSR count). The summed E-state index contributed by atoms with van der Waals surface area (Å²) >= 11 is 6.31. The van der Waals surface area contributed by atoms with Crippen molar-refractivity contribution in [1.82, 2.24) is 21.3 Å². The van der Waals surface area contributed by atoms with Gasteiger partial charge in [-0.25, -0.2) is 4.39 Å². The molecule has 4 N–H and O–H groups in total. The topological polar surface area (TPSA) is 71.9 Å². The fraction of sp³-hybridized carbons (Fsp3) is 0.731. The summed E-state index contributed by atoms with van der Waals surface area (Å²) in [5, 5.41) is 24.3. The number of alkyl halides is 2. The minimum Gasteiger partial charge on any atom is -0.316 e. The van der Waals surface area contributed by atoms with Crippen molar-refractivity contribution in [2.75, 3.05) is 13.1 Å². The van der Waals surface area contributed by atoms with E-state index >= 15 is 0 Å². The molecule has 2 heterocycles. The molecule has 5 nitrogen and oxygen atoms in total. The Morgan fingerprint density at radius 3 is 2.82 bits per heavy atom. The summed E-state index contributed by atoms with van der Waals surface area (Å²) in [4.78, 5) is 0. The lowest BCUT2D eigenvalue weighted by Crippen LogP contribution is -2.71. The third kappa shape index (κ3) is 5.39. The second-order valence-electron chi connectivity index (χ2n) is 10.5. The summed E-state index contributed by atoms with van der Waals surface area (Å²) in [5.74, 6) is 0.886. The van der Waals surface area contributed by atoms with E-state index in [4.69, 9.17) is 11.6 Å². The largest absolute Gasteiger partial charge is 0.316 e. The van der Waals surface area contributed by atoms with Gasteiger partial charge in [-0.2, -0.15) is 5.26 Å². The highest BCUT2D eigenvalue weighted by Gasteiger charge is 2.42. The number of hydrogen-bond acceptors (Lipinski definition) is 5. The maximum Gasteiger partial charge on any atom is 0.117 e. The highest BCUT2D eigenvalue weighted by atomic mass is 35.5. The van der Waals surface area contributed by atoms with E-state index in [0.29, 0.717) is 30.7 Å². The number of allylic oxidation sites excluding steroid dienone is 5. The van der Waals surface area contributed by atoms with Crippen LogP contribution in [0.25, 0.3) is 0 Å². The minimum atomic E-state index is -0.888. The molecule has 2 aliphatic heterocycles. The number of fused-ring (bicyclic) bond motifs is 1. The molecule has 1 saturated carbocycles. The molecular formula is C26H37ClFN5. The monoisotopic (exact) mass is 473 g/mol. The Morgan fingerprint density at radius 1 is 1.12 bits per heavy atom. The molecule has 33 heavy (non-hydrogen) atoms. The quantitative estimate of drug-likeness (QED) is 0.467. The summed E-state index contributed by atoms with van der Waals surface area (Å²) in [6.45, 7) is 2.16. The van der Waals surface area contributed by atoms with Crippen molar-refractivity contribution < 1.29 is 4.39 Å². The van der Waals surface area contributed by atoms with E-state index in [1.54, 1.807) is 0 Å². The van der Waals surface area contributed by atoms with Crippen LogP contribution in [0.4, 0.5) is 4.39 Å². The van der Waals surface area contributed by atoms with Crippen LogP contribution in [0.5, 0.6) is 0 Å². The van der Waals surface area contributed by atoms with Crippen LogP contribution in [0.3, 0.4) is 0 Å². The molecule has 5 aliphatic rings. The molecule has 0 amide bonds. The fourth-order valence-electron chi connectivity index (χ4n) is 6.42. The predicted molar refractivity (Wildman–Crippen MR) is 130 cm³/mol. The van der Waals surface area contributed by atoms with E-state index in [1.165, 1.54) is 24.0 Å². The Bertz CT molecular complexity index is 840. The lowest BCUT2D eigenvalue weighted by Gasteiger charge is -2.49. The third-order valence-electron chi connectivity index (χ3n) is 8.28. The predicted octanol–water partition coefficient (Wildman–Crippen LogP) is 3.79. The molecule has 0 aromatic carbocycles. The zero-order valence-corrected chi connectivity index (χ0v) is 20.1. The molecule has 8 atom stereocenters. The minimum absolute atomic E-state index is 0.138. The summed E-state index contributed by atoms with van der Waals surface area (Å²) in [5.41, 5.74) is 3.51. The van der Waals surface area contributed by atoms with Crippen LogP contribution in [0, 0.1) is 23.2 Å². The van der Waals surface area contributed by atoms with Crippen LogP contribution in [0.1, 0.15) is 57.8 Å². The maximum atomic E-state index is 14.0. The van der Waals surface area contributed by atoms with Gasteiger partial charge in [-0.15, -0.1) is 11.6 Å². The molecule has 3 fully saturated rings. The van der Waals surface area contributed by atoms with Crippen LogP contribution in [0.15, 0.2) is 34.9 Å². The standard InChI is InChI=1S/C26H37ClFN5/c27-22-13-20(7-8-23(22)28)31-26-21-12-18(17-4-1-3-16(11-17)14-29)6-9-24(21)32-25(33-26)19-5-2-10-30-15-19/h3,11-12,19-26,30-33H,1-2,4-10,13,15H2. The van der Waals surface area contributed by atoms with E-state index in [2.05, 4.69) is 39.5 Å². The number of piperidine rings is 1. The molecular weight excluding hydrogens is 437 g/mol. The van der Waals surface area contributed by atoms with Gasteiger partial charge in [0.15, 0.2) is 0 Å². The zero-order valence-electron chi connectivity index (χ0n) is 19.3. The van der Waals surface area contributed by atoms with Gasteiger partial charge in [0.2, 0.25) is 0 Å². The van der Waals surface area contributed by atoms with Crippen molar-refractivity contribution in [3.63, 3.8) is 0 Å². The molecule has 7 heteroatoms. The van der Waals surface area contributed by atoms with Gasteiger partial charge in [0, 0.05) is 30.1 Å². The van der Waals surface area contributed by atoms with Crippen LogP contribution < -0.4 is 21.3 Å². The van der Waals surface area contributed by atoms with Crippen LogP contribution in [0.2, 0.25) is 0 Å². The molecule has 2 saturated heterocycles. The third-order valence-corrected chi connectivity index (χ3v) is 8.74. The number of halogens is 2. The molecule has 0 spiro atoms. The maximum absolute atomic E-state index is 14.0. The summed E-state index contributed by atoms with van der Waals surface area (Å²) in [7, 11) is 0. The van der Waals surface area contributed by atoms with Gasteiger partial charge < -0.3 is 5.32 Å². The summed E-state index contributed by atoms with van der Waals surface area (Å²) in [6.07, 6.45) is 14.7. The number of hydrogen-bond donors (Lipinski definition) is 4. The van der Waals surface area contributed by atoms with Crippen molar-refractivity contribution >= 4 is 11.6 Å². The van der Waals surface area contributed by atoms with Crippen molar-refractivity contribution in [3.05, 3.63) is 34.9 Å². The fourth-order valence-corrected chi connectivity index (χ4v) is 6.76. The number of nitrogens with one attached hydrogen (secondary N) is 4. The summed E-state index contributed by atoms with van der Waals surface area (Å²) < 4.78 is 14.0. The number of nitriles is 1. The SMILES string of the molecule is N#CC1=CCCC(C2=CC3C(CC2)NC(C2CCCNC2)NC3NC2CCC(F)C(Cl)C2)=C1. The molecule has 180 valence electrons. The average Bonchev–Trinajstić information content (AvgIpc) is 2.86. The van der Waals surface area contributed by atoms with Crippen molar-refractivity contribution in [2.45, 2.75) is 93.8 Å². The van der Waals surface area contributed by atoms with Crippen molar-refractivity contribution in [3.8, 4) is 6.07 Å². The van der Waals surface area contributed by atoms with Crippen LogP contribution >= 0.6 is 11.6 Å². The van der Waals surface area contributed by atoms with Crippen LogP contribution in [-0.4, -0.2) is 49.1 Å². The van der Waals surface area contributed by atoms with Gasteiger partial charge in [0.1, 0.15) is 6.17 Å². The first-order valence-electron chi connectivity index (χ1n) is 12.9. The average molecular weight is 474 g/mol. The Morgan fingerprint density at radius 2 is 2.03 bits per heavy atom. The van der Waals surface area contributed by atoms with Gasteiger partial charge in [-0.3, -0.25) is 16.0 Å². The van der Waals surface area contributed by atoms with Gasteiger partial charge in [0.05, 0.1) is 23.8 Å². The van der Waals surface area contributed by atoms with Gasteiger partial charge in [-0.1, -0.05) is 12.2 Å². The lowest BCUT2D eigenvalue weighted by molar-refractivity contribution is 0.0939. The zero-order chi connectivity index (χ0) is 22.8. The highest BCUT2D eigenvalue weighted by molar-refractivity contribution is 6.21. The Kier molecular flexibility index (Phi) is 7.54. The molecule has 3 aliphatic carbocycles. The normalized spacial score (nSPS) is 41.8. The van der Waals surface area contributed by atoms with E-state index in [0.717, 1.165) is 50.8 Å². The summed E-state index contributed by atoms with van der Waals surface area (Å²) in [6, 6.07) is 2.97. The molecule has 0 bridgehead atoms. The van der Waals surface area contributed by atoms with E-state index in [1.807, 2.05) is 6.08 Å². The van der Waals surface area contributed by atoms with Crippen molar-refractivity contribution in [1.29, 1.82) is 5.26 Å².